The summed E-state index contributed by atoms with van der Waals surface area (Å²) >= 11 is 0. The minimum absolute atomic E-state index is 0.206. The first-order chi connectivity index (χ1) is 9.16. The molecule has 0 radical (unpaired) electrons. The minimum Gasteiger partial charge on any atom is -0.335 e. The lowest BCUT2D eigenvalue weighted by Crippen LogP contribution is -2.45. The zero-order chi connectivity index (χ0) is 13.7. The van der Waals surface area contributed by atoms with E-state index in [9.17, 15) is 9.18 Å². The van der Waals surface area contributed by atoms with Crippen molar-refractivity contribution in [2.75, 3.05) is 0 Å². The predicted octanol–water partition coefficient (Wildman–Crippen LogP) is 3.20. The van der Waals surface area contributed by atoms with Crippen LogP contribution in [0, 0.1) is 11.7 Å². The van der Waals surface area contributed by atoms with Gasteiger partial charge in [0.25, 0.3) is 0 Å². The van der Waals surface area contributed by atoms with E-state index in [4.69, 9.17) is 0 Å². The summed E-state index contributed by atoms with van der Waals surface area (Å²) in [6.45, 7) is 2.39. The van der Waals surface area contributed by atoms with Crippen molar-refractivity contribution in [3.05, 3.63) is 35.6 Å². The van der Waals surface area contributed by atoms with Crippen LogP contribution in [0.3, 0.4) is 0 Å². The molecule has 1 fully saturated rings. The van der Waals surface area contributed by atoms with Gasteiger partial charge in [0.05, 0.1) is 0 Å². The molecular formula is C15H21FN2O. The van der Waals surface area contributed by atoms with Gasteiger partial charge in [0.1, 0.15) is 5.82 Å². The SMILES string of the molecule is C[C@H]1CCCC[C@H]1NC(=O)NCc1ccccc1F. The average Bonchev–Trinajstić information content (AvgIpc) is 2.40. The largest absolute Gasteiger partial charge is 0.335 e. The number of hydrogen-bond acceptors (Lipinski definition) is 1. The second-order valence-corrected chi connectivity index (χ2v) is 5.29. The Labute approximate surface area is 113 Å². The third-order valence-electron chi connectivity index (χ3n) is 3.83. The lowest BCUT2D eigenvalue weighted by atomic mass is 9.86. The fraction of sp³-hybridized carbons (Fsp3) is 0.533. The monoisotopic (exact) mass is 264 g/mol. The zero-order valence-corrected chi connectivity index (χ0v) is 11.3. The number of urea groups is 1. The zero-order valence-electron chi connectivity index (χ0n) is 11.3. The van der Waals surface area contributed by atoms with Crippen LogP contribution in [0.4, 0.5) is 9.18 Å². The van der Waals surface area contributed by atoms with Crippen LogP contribution in [0.2, 0.25) is 0 Å². The third-order valence-corrected chi connectivity index (χ3v) is 3.83. The molecule has 1 aromatic rings. The normalized spacial score (nSPS) is 22.8. The maximum absolute atomic E-state index is 13.4. The Balaban J connectivity index is 1.80. The Hall–Kier alpha value is -1.58. The molecule has 1 aromatic carbocycles. The van der Waals surface area contributed by atoms with E-state index >= 15 is 0 Å². The van der Waals surface area contributed by atoms with Crippen molar-refractivity contribution in [1.29, 1.82) is 0 Å². The van der Waals surface area contributed by atoms with Crippen LogP contribution < -0.4 is 10.6 Å². The molecule has 19 heavy (non-hydrogen) atoms. The van der Waals surface area contributed by atoms with Crippen molar-refractivity contribution in [2.24, 2.45) is 5.92 Å². The highest BCUT2D eigenvalue weighted by Crippen LogP contribution is 2.23. The van der Waals surface area contributed by atoms with E-state index < -0.39 is 0 Å². The molecule has 0 bridgehead atoms. The number of halogens is 1. The summed E-state index contributed by atoms with van der Waals surface area (Å²) < 4.78 is 13.4. The second-order valence-electron chi connectivity index (χ2n) is 5.29. The van der Waals surface area contributed by atoms with Crippen LogP contribution in [-0.4, -0.2) is 12.1 Å². The summed E-state index contributed by atoms with van der Waals surface area (Å²) in [5, 5.41) is 5.70. The number of rotatable bonds is 3. The summed E-state index contributed by atoms with van der Waals surface area (Å²) in [7, 11) is 0. The van der Waals surface area contributed by atoms with Gasteiger partial charge in [-0.25, -0.2) is 9.18 Å². The lowest BCUT2D eigenvalue weighted by molar-refractivity contribution is 0.221. The smallest absolute Gasteiger partial charge is 0.315 e. The van der Waals surface area contributed by atoms with Gasteiger partial charge in [-0.2, -0.15) is 0 Å². The van der Waals surface area contributed by atoms with Crippen molar-refractivity contribution in [2.45, 2.75) is 45.2 Å². The number of carbonyl (C=O) groups excluding carboxylic acids is 1. The third kappa shape index (κ3) is 3.94. The van der Waals surface area contributed by atoms with Gasteiger partial charge in [-0.1, -0.05) is 38.0 Å². The number of carbonyl (C=O) groups is 1. The van der Waals surface area contributed by atoms with Gasteiger partial charge in [0, 0.05) is 18.2 Å². The summed E-state index contributed by atoms with van der Waals surface area (Å²) in [5.41, 5.74) is 0.509. The highest BCUT2D eigenvalue weighted by atomic mass is 19.1. The first-order valence-corrected chi connectivity index (χ1v) is 6.94. The molecule has 0 spiro atoms. The van der Waals surface area contributed by atoms with Gasteiger partial charge in [0.15, 0.2) is 0 Å². The number of benzene rings is 1. The Bertz CT molecular complexity index is 436. The Morgan fingerprint density at radius 3 is 2.79 bits per heavy atom. The first-order valence-electron chi connectivity index (χ1n) is 6.94. The fourth-order valence-electron chi connectivity index (χ4n) is 2.57. The summed E-state index contributed by atoms with van der Waals surface area (Å²) in [5.74, 6) is 0.238. The molecule has 2 N–H and O–H groups in total. The Morgan fingerprint density at radius 2 is 2.05 bits per heavy atom. The van der Waals surface area contributed by atoms with E-state index in [0.717, 1.165) is 12.8 Å². The van der Waals surface area contributed by atoms with E-state index in [1.165, 1.54) is 18.9 Å². The quantitative estimate of drug-likeness (QED) is 0.864. The van der Waals surface area contributed by atoms with Gasteiger partial charge in [0.2, 0.25) is 0 Å². The van der Waals surface area contributed by atoms with Crippen molar-refractivity contribution in [3.63, 3.8) is 0 Å². The maximum atomic E-state index is 13.4. The van der Waals surface area contributed by atoms with Crippen LogP contribution in [0.15, 0.2) is 24.3 Å². The van der Waals surface area contributed by atoms with Gasteiger partial charge in [-0.05, 0) is 24.8 Å². The molecule has 0 saturated heterocycles. The van der Waals surface area contributed by atoms with Crippen LogP contribution in [0.1, 0.15) is 38.2 Å². The highest BCUT2D eigenvalue weighted by Gasteiger charge is 2.22. The molecule has 2 atom stereocenters. The van der Waals surface area contributed by atoms with Crippen LogP contribution in [-0.2, 0) is 6.54 Å². The first kappa shape index (κ1) is 13.8. The van der Waals surface area contributed by atoms with Gasteiger partial charge >= 0.3 is 6.03 Å². The summed E-state index contributed by atoms with van der Waals surface area (Å²) in [6.07, 6.45) is 4.62. The standard InChI is InChI=1S/C15H21FN2O/c1-11-6-2-5-9-14(11)18-15(19)17-10-12-7-3-4-8-13(12)16/h3-4,7-8,11,14H,2,5-6,9-10H2,1H3,(H2,17,18,19)/t11-,14+/m0/s1. The van der Waals surface area contributed by atoms with Gasteiger partial charge in [-0.15, -0.1) is 0 Å². The Morgan fingerprint density at radius 1 is 1.32 bits per heavy atom. The van der Waals surface area contributed by atoms with Crippen molar-refractivity contribution in [1.82, 2.24) is 10.6 Å². The molecule has 1 saturated carbocycles. The summed E-state index contributed by atoms with van der Waals surface area (Å²) in [6, 6.07) is 6.53. The van der Waals surface area contributed by atoms with Crippen molar-refractivity contribution in [3.8, 4) is 0 Å². The molecule has 0 unspecified atom stereocenters. The molecule has 4 heteroatoms. The van der Waals surface area contributed by atoms with E-state index in [-0.39, 0.29) is 24.4 Å². The van der Waals surface area contributed by atoms with Crippen molar-refractivity contribution < 1.29 is 9.18 Å². The van der Waals surface area contributed by atoms with E-state index in [1.54, 1.807) is 18.2 Å². The van der Waals surface area contributed by atoms with Crippen LogP contribution in [0.5, 0.6) is 0 Å². The van der Waals surface area contributed by atoms with E-state index in [1.807, 2.05) is 0 Å². The topological polar surface area (TPSA) is 41.1 Å². The number of nitrogens with one attached hydrogen (secondary N) is 2. The molecular weight excluding hydrogens is 243 g/mol. The molecule has 1 aliphatic rings. The van der Waals surface area contributed by atoms with Gasteiger partial charge < -0.3 is 10.6 Å². The van der Waals surface area contributed by atoms with Crippen LogP contribution >= 0.6 is 0 Å². The fourth-order valence-corrected chi connectivity index (χ4v) is 2.57. The number of hydrogen-bond donors (Lipinski definition) is 2. The average molecular weight is 264 g/mol. The summed E-state index contributed by atoms with van der Waals surface area (Å²) in [4.78, 5) is 11.8. The molecule has 2 rings (SSSR count). The molecule has 3 nitrogen and oxygen atoms in total. The van der Waals surface area contributed by atoms with Crippen LogP contribution in [0.25, 0.3) is 0 Å². The molecule has 2 amide bonds. The molecule has 1 aliphatic carbocycles. The maximum Gasteiger partial charge on any atom is 0.315 e. The minimum atomic E-state index is -0.283. The molecule has 0 aromatic heterocycles. The lowest BCUT2D eigenvalue weighted by Gasteiger charge is -2.29. The molecule has 0 aliphatic heterocycles. The van der Waals surface area contributed by atoms with E-state index in [0.29, 0.717) is 11.5 Å². The molecule has 0 heterocycles. The van der Waals surface area contributed by atoms with E-state index in [2.05, 4.69) is 17.6 Å². The predicted molar refractivity (Wildman–Crippen MR) is 73.2 cm³/mol. The molecule has 104 valence electrons. The highest BCUT2D eigenvalue weighted by molar-refractivity contribution is 5.74. The second kappa shape index (κ2) is 6.55. The Kier molecular flexibility index (Phi) is 4.77. The number of amides is 2. The van der Waals surface area contributed by atoms with Gasteiger partial charge in [-0.3, -0.25) is 0 Å². The van der Waals surface area contributed by atoms with Crippen molar-refractivity contribution >= 4 is 6.03 Å².